The summed E-state index contributed by atoms with van der Waals surface area (Å²) in [4.78, 5) is 5.66. The van der Waals surface area contributed by atoms with Crippen LogP contribution in [0.4, 0.5) is 0 Å². The van der Waals surface area contributed by atoms with Gasteiger partial charge in [-0.3, -0.25) is 4.99 Å². The number of fused-ring (bicyclic) bond motifs is 5. The zero-order valence-electron chi connectivity index (χ0n) is 31.4. The van der Waals surface area contributed by atoms with E-state index in [0.29, 0.717) is 0 Å². The molecule has 1 unspecified atom stereocenters. The summed E-state index contributed by atoms with van der Waals surface area (Å²) in [7, 11) is 0. The molecule has 262 valence electrons. The van der Waals surface area contributed by atoms with Gasteiger partial charge in [-0.25, -0.2) is 0 Å². The molecule has 1 atom stereocenters. The van der Waals surface area contributed by atoms with Gasteiger partial charge in [0, 0.05) is 27.6 Å². The summed E-state index contributed by atoms with van der Waals surface area (Å²) in [5.74, 6) is 0.137. The molecule has 2 heteroatoms. The fraction of sp³-hybridized carbons (Fsp3) is 0.135. The monoisotopic (exact) mass is 697 g/mol. The van der Waals surface area contributed by atoms with E-state index in [-0.39, 0.29) is 5.92 Å². The average Bonchev–Trinajstić information content (AvgIpc) is 3.63. The lowest BCUT2D eigenvalue weighted by Gasteiger charge is -2.19. The number of hydrogen-bond acceptors (Lipinski definition) is 2. The second kappa shape index (κ2) is 14.0. The van der Waals surface area contributed by atoms with Crippen LogP contribution in [0.2, 0.25) is 0 Å². The molecule has 0 fully saturated rings. The van der Waals surface area contributed by atoms with Crippen LogP contribution in [0.3, 0.4) is 0 Å². The summed E-state index contributed by atoms with van der Waals surface area (Å²) < 4.78 is 6.86. The maximum Gasteiger partial charge on any atom is 0.144 e. The lowest BCUT2D eigenvalue weighted by molar-refractivity contribution is 0.673. The summed E-state index contributed by atoms with van der Waals surface area (Å²) in [5.41, 5.74) is 12.4. The van der Waals surface area contributed by atoms with Crippen molar-refractivity contribution < 1.29 is 4.42 Å². The standard InChI is InChI=1S/C52H43NO/c1-5-33(3)50(53-51(37-20-11-8-12-21-37)35(6-2)30-34(4)36-18-9-7-10-19-36)40-24-15-22-38(31-40)41-27-16-23-39-32-45-43-26-14-13-25-42(43)44-28-17-29-46-48(44)49(45)52(54-46)47(39)41/h7-32,35H,5-6H2,1-4H3/b34-30+,50-33?,53-51?. The topological polar surface area (TPSA) is 25.5 Å². The predicted octanol–water partition coefficient (Wildman–Crippen LogP) is 14.9. The van der Waals surface area contributed by atoms with Crippen molar-refractivity contribution in [3.05, 3.63) is 180 Å². The zero-order valence-corrected chi connectivity index (χ0v) is 31.4. The Kier molecular flexibility index (Phi) is 8.67. The molecule has 0 aliphatic carbocycles. The normalized spacial score (nSPS) is 13.8. The van der Waals surface area contributed by atoms with Crippen LogP contribution in [0.25, 0.3) is 76.7 Å². The molecule has 0 spiro atoms. The molecule has 1 heterocycles. The highest BCUT2D eigenvalue weighted by Gasteiger charge is 2.22. The largest absolute Gasteiger partial charge is 0.455 e. The molecule has 1 aromatic heterocycles. The van der Waals surface area contributed by atoms with Crippen molar-refractivity contribution in [2.24, 2.45) is 10.9 Å². The van der Waals surface area contributed by atoms with Gasteiger partial charge in [0.05, 0.1) is 11.4 Å². The van der Waals surface area contributed by atoms with Gasteiger partial charge in [0.15, 0.2) is 0 Å². The van der Waals surface area contributed by atoms with Crippen LogP contribution in [-0.2, 0) is 0 Å². The SMILES string of the molecule is CCC(C)=C(N=C(c1ccccc1)C(/C=C(\C)c1ccccc1)CC)c1cccc(-c2cccc3cc4c5ccccc5c5cccc6oc(c23)c4c65)c1. The first-order chi connectivity index (χ1) is 26.5. The summed E-state index contributed by atoms with van der Waals surface area (Å²) in [6, 6.07) is 54.6. The van der Waals surface area contributed by atoms with Crippen molar-refractivity contribution in [3.8, 4) is 11.1 Å². The molecule has 0 saturated carbocycles. The smallest absolute Gasteiger partial charge is 0.144 e. The summed E-state index contributed by atoms with van der Waals surface area (Å²) >= 11 is 0. The zero-order chi connectivity index (χ0) is 36.8. The molecule has 0 aliphatic heterocycles. The number of hydrogen-bond donors (Lipinski definition) is 0. The van der Waals surface area contributed by atoms with Crippen LogP contribution in [0, 0.1) is 5.92 Å². The molecule has 0 N–H and O–H groups in total. The highest BCUT2D eigenvalue weighted by atomic mass is 16.3. The number of allylic oxidation sites excluding steroid dienone is 3. The molecule has 0 saturated heterocycles. The van der Waals surface area contributed by atoms with Gasteiger partial charge in [0.1, 0.15) is 11.2 Å². The molecule has 0 aliphatic rings. The molecular formula is C52H43NO. The van der Waals surface area contributed by atoms with Crippen molar-refractivity contribution in [1.29, 1.82) is 0 Å². The molecule has 54 heavy (non-hydrogen) atoms. The fourth-order valence-corrected chi connectivity index (χ4v) is 8.37. The molecule has 0 amide bonds. The first-order valence-corrected chi connectivity index (χ1v) is 19.2. The highest BCUT2D eigenvalue weighted by Crippen LogP contribution is 2.47. The van der Waals surface area contributed by atoms with Gasteiger partial charge in [0.25, 0.3) is 0 Å². The molecule has 0 bridgehead atoms. The van der Waals surface area contributed by atoms with Crippen molar-refractivity contribution in [2.45, 2.75) is 40.5 Å². The third-order valence-corrected chi connectivity index (χ3v) is 11.3. The first kappa shape index (κ1) is 33.6. The third-order valence-electron chi connectivity index (χ3n) is 11.3. The second-order valence-corrected chi connectivity index (χ2v) is 14.5. The van der Waals surface area contributed by atoms with E-state index < -0.39 is 0 Å². The Hall–Kier alpha value is -6.25. The Labute approximate surface area is 317 Å². The molecule has 0 radical (unpaired) electrons. The van der Waals surface area contributed by atoms with E-state index in [1.54, 1.807) is 0 Å². The third kappa shape index (κ3) is 5.70. The first-order valence-electron chi connectivity index (χ1n) is 19.2. The van der Waals surface area contributed by atoms with Gasteiger partial charge in [-0.2, -0.15) is 0 Å². The van der Waals surface area contributed by atoms with Gasteiger partial charge in [0.2, 0.25) is 0 Å². The van der Waals surface area contributed by atoms with Crippen molar-refractivity contribution in [2.75, 3.05) is 0 Å². The van der Waals surface area contributed by atoms with Crippen LogP contribution in [0.15, 0.2) is 173 Å². The number of aliphatic imine (C=N–C) groups is 1. The van der Waals surface area contributed by atoms with E-state index in [9.17, 15) is 0 Å². The number of nitrogens with zero attached hydrogens (tertiary/aromatic N) is 1. The Morgan fingerprint density at radius 1 is 0.593 bits per heavy atom. The van der Waals surface area contributed by atoms with E-state index >= 15 is 0 Å². The Morgan fingerprint density at radius 2 is 1.24 bits per heavy atom. The lowest BCUT2D eigenvalue weighted by Crippen LogP contribution is -2.14. The van der Waals surface area contributed by atoms with Gasteiger partial charge in [-0.1, -0.05) is 153 Å². The fourth-order valence-electron chi connectivity index (χ4n) is 8.37. The Balaban J connectivity index is 1.23. The molecule has 8 aromatic carbocycles. The quantitative estimate of drug-likeness (QED) is 0.0837. The van der Waals surface area contributed by atoms with E-state index in [0.717, 1.165) is 63.1 Å². The Bertz CT molecular complexity index is 2910. The van der Waals surface area contributed by atoms with E-state index in [1.165, 1.54) is 54.4 Å². The van der Waals surface area contributed by atoms with Crippen molar-refractivity contribution in [3.63, 3.8) is 0 Å². The number of furan rings is 1. The van der Waals surface area contributed by atoms with Gasteiger partial charge >= 0.3 is 0 Å². The predicted molar refractivity (Wildman–Crippen MR) is 233 cm³/mol. The van der Waals surface area contributed by atoms with E-state index in [1.807, 2.05) is 0 Å². The minimum absolute atomic E-state index is 0.137. The maximum atomic E-state index is 6.86. The van der Waals surface area contributed by atoms with Crippen LogP contribution < -0.4 is 0 Å². The molecule has 9 aromatic rings. The minimum atomic E-state index is 0.137. The van der Waals surface area contributed by atoms with Crippen LogP contribution in [-0.4, -0.2) is 5.71 Å². The second-order valence-electron chi connectivity index (χ2n) is 14.5. The summed E-state index contributed by atoms with van der Waals surface area (Å²) in [6.07, 6.45) is 4.24. The van der Waals surface area contributed by atoms with Gasteiger partial charge in [-0.15, -0.1) is 0 Å². The minimum Gasteiger partial charge on any atom is -0.455 e. The van der Waals surface area contributed by atoms with Gasteiger partial charge in [-0.05, 0) is 105 Å². The molecule has 2 nitrogen and oxygen atoms in total. The highest BCUT2D eigenvalue weighted by molar-refractivity contribution is 6.37. The van der Waals surface area contributed by atoms with Gasteiger partial charge < -0.3 is 4.42 Å². The van der Waals surface area contributed by atoms with Crippen LogP contribution in [0.1, 0.15) is 57.2 Å². The number of rotatable bonds is 9. The van der Waals surface area contributed by atoms with Crippen molar-refractivity contribution >= 4 is 71.2 Å². The Morgan fingerprint density at radius 3 is 1.98 bits per heavy atom. The lowest BCUT2D eigenvalue weighted by atomic mass is 9.89. The average molecular weight is 698 g/mol. The van der Waals surface area contributed by atoms with Crippen molar-refractivity contribution in [1.82, 2.24) is 0 Å². The van der Waals surface area contributed by atoms with E-state index in [2.05, 4.69) is 185 Å². The van der Waals surface area contributed by atoms with Crippen LogP contribution >= 0.6 is 0 Å². The summed E-state index contributed by atoms with van der Waals surface area (Å²) in [5, 5.41) is 9.74. The maximum absolute atomic E-state index is 6.86. The molecule has 9 rings (SSSR count). The summed E-state index contributed by atoms with van der Waals surface area (Å²) in [6.45, 7) is 8.93. The number of benzene rings is 8. The molecular weight excluding hydrogens is 655 g/mol. The van der Waals surface area contributed by atoms with E-state index in [4.69, 9.17) is 9.41 Å². The van der Waals surface area contributed by atoms with Crippen LogP contribution in [0.5, 0.6) is 0 Å².